The van der Waals surface area contributed by atoms with Crippen molar-refractivity contribution < 1.29 is 18.0 Å². The summed E-state index contributed by atoms with van der Waals surface area (Å²) < 4.78 is 36.8. The molecule has 1 amide bonds. The average molecular weight is 247 g/mol. The molecule has 0 unspecified atom stereocenters. The molecule has 4 nitrogen and oxygen atoms in total. The summed E-state index contributed by atoms with van der Waals surface area (Å²) >= 11 is 0. The lowest BCUT2D eigenvalue weighted by Gasteiger charge is -2.24. The first-order valence-corrected chi connectivity index (χ1v) is 4.68. The molecule has 0 aromatic heterocycles. The van der Waals surface area contributed by atoms with E-state index in [1.165, 1.54) is 25.2 Å². The Balaban J connectivity index is 3.16. The van der Waals surface area contributed by atoms with Gasteiger partial charge in [-0.1, -0.05) is 6.07 Å². The van der Waals surface area contributed by atoms with Crippen molar-refractivity contribution in [1.82, 2.24) is 0 Å². The molecule has 0 atom stereocenters. The molecule has 1 aromatic carbocycles. The lowest BCUT2D eigenvalue weighted by molar-refractivity contribution is -0.119. The van der Waals surface area contributed by atoms with Crippen LogP contribution in [0.4, 0.5) is 24.5 Å². The number of carbonyl (C=O) groups is 1. The van der Waals surface area contributed by atoms with E-state index in [4.69, 9.17) is 11.5 Å². The van der Waals surface area contributed by atoms with E-state index in [9.17, 15) is 18.0 Å². The number of anilines is 2. The second-order valence-corrected chi connectivity index (χ2v) is 3.58. The molecule has 17 heavy (non-hydrogen) atoms. The molecular weight excluding hydrogens is 235 g/mol. The highest BCUT2D eigenvalue weighted by atomic mass is 19.4. The van der Waals surface area contributed by atoms with Crippen LogP contribution < -0.4 is 16.4 Å². The molecule has 0 radical (unpaired) electrons. The molecule has 0 bridgehead atoms. The van der Waals surface area contributed by atoms with Crippen LogP contribution in [0.1, 0.15) is 10.4 Å². The van der Waals surface area contributed by atoms with Crippen LogP contribution in [0.2, 0.25) is 0 Å². The number of alkyl halides is 3. The van der Waals surface area contributed by atoms with Crippen molar-refractivity contribution >= 4 is 17.3 Å². The maximum Gasteiger partial charge on any atom is 0.405 e. The van der Waals surface area contributed by atoms with E-state index in [0.717, 1.165) is 4.90 Å². The molecule has 7 heteroatoms. The first-order chi connectivity index (χ1) is 7.72. The Kier molecular flexibility index (Phi) is 3.50. The van der Waals surface area contributed by atoms with Crippen LogP contribution in [-0.2, 0) is 0 Å². The number of nitrogen functional groups attached to an aromatic ring is 1. The van der Waals surface area contributed by atoms with E-state index in [1.807, 2.05) is 0 Å². The fourth-order valence-electron chi connectivity index (χ4n) is 1.53. The maximum absolute atomic E-state index is 12.3. The zero-order valence-corrected chi connectivity index (χ0v) is 9.08. The highest BCUT2D eigenvalue weighted by Gasteiger charge is 2.31. The Morgan fingerprint density at radius 1 is 1.41 bits per heavy atom. The summed E-state index contributed by atoms with van der Waals surface area (Å²) in [6.07, 6.45) is -4.38. The topological polar surface area (TPSA) is 72.3 Å². The standard InChI is InChI=1S/C10H12F3N3O/c1-16(5-10(11,12)13)8-6(9(15)17)3-2-4-7(8)14/h2-4H,5,14H2,1H3,(H2,15,17). The predicted molar refractivity (Wildman–Crippen MR) is 58.7 cm³/mol. The van der Waals surface area contributed by atoms with Gasteiger partial charge in [-0.05, 0) is 12.1 Å². The van der Waals surface area contributed by atoms with Crippen LogP contribution in [0.25, 0.3) is 0 Å². The SMILES string of the molecule is CN(CC(F)(F)F)c1c(N)cccc1C(N)=O. The van der Waals surface area contributed by atoms with Gasteiger partial charge in [0.25, 0.3) is 5.91 Å². The molecule has 0 aliphatic carbocycles. The average Bonchev–Trinajstić information content (AvgIpc) is 2.13. The van der Waals surface area contributed by atoms with E-state index in [0.29, 0.717) is 0 Å². The van der Waals surface area contributed by atoms with Crippen molar-refractivity contribution in [2.45, 2.75) is 6.18 Å². The van der Waals surface area contributed by atoms with Gasteiger partial charge in [0.2, 0.25) is 0 Å². The summed E-state index contributed by atoms with van der Waals surface area (Å²) in [6.45, 7) is -1.21. The van der Waals surface area contributed by atoms with E-state index < -0.39 is 18.6 Å². The van der Waals surface area contributed by atoms with Crippen LogP contribution in [0.15, 0.2) is 18.2 Å². The summed E-state index contributed by atoms with van der Waals surface area (Å²) in [5.74, 6) is -0.818. The molecule has 0 fully saturated rings. The minimum absolute atomic E-state index is 0.00248. The van der Waals surface area contributed by atoms with E-state index in [-0.39, 0.29) is 16.9 Å². The number of nitrogens with zero attached hydrogens (tertiary/aromatic N) is 1. The summed E-state index contributed by atoms with van der Waals surface area (Å²) in [5.41, 5.74) is 10.7. The van der Waals surface area contributed by atoms with Crippen molar-refractivity contribution in [2.75, 3.05) is 24.2 Å². The quantitative estimate of drug-likeness (QED) is 0.792. The van der Waals surface area contributed by atoms with E-state index in [2.05, 4.69) is 0 Å². The van der Waals surface area contributed by atoms with Crippen molar-refractivity contribution in [2.24, 2.45) is 5.73 Å². The number of primary amides is 1. The second kappa shape index (κ2) is 4.52. The van der Waals surface area contributed by atoms with Crippen LogP contribution >= 0.6 is 0 Å². The molecule has 0 aliphatic rings. The number of benzene rings is 1. The Labute approximate surface area is 96.0 Å². The van der Waals surface area contributed by atoms with Crippen molar-refractivity contribution in [3.63, 3.8) is 0 Å². The van der Waals surface area contributed by atoms with Crippen LogP contribution in [0.5, 0.6) is 0 Å². The third-order valence-electron chi connectivity index (χ3n) is 2.13. The predicted octanol–water partition coefficient (Wildman–Crippen LogP) is 1.37. The lowest BCUT2D eigenvalue weighted by atomic mass is 10.1. The Hall–Kier alpha value is -1.92. The summed E-state index contributed by atoms with van der Waals surface area (Å²) in [6, 6.07) is 4.20. The third-order valence-corrected chi connectivity index (χ3v) is 2.13. The highest BCUT2D eigenvalue weighted by molar-refractivity contribution is 6.01. The van der Waals surface area contributed by atoms with Crippen LogP contribution in [0, 0.1) is 0 Å². The van der Waals surface area contributed by atoms with Gasteiger partial charge in [0, 0.05) is 7.05 Å². The first-order valence-electron chi connectivity index (χ1n) is 4.68. The Bertz CT molecular complexity index is 431. The van der Waals surface area contributed by atoms with Gasteiger partial charge in [-0.2, -0.15) is 13.2 Å². The molecule has 1 rings (SSSR count). The normalized spacial score (nSPS) is 11.3. The van der Waals surface area contributed by atoms with Crippen LogP contribution in [0.3, 0.4) is 0 Å². The third kappa shape index (κ3) is 3.27. The maximum atomic E-state index is 12.3. The number of carbonyl (C=O) groups excluding carboxylic acids is 1. The summed E-state index contributed by atoms with van der Waals surface area (Å²) in [7, 11) is 1.20. The fourth-order valence-corrected chi connectivity index (χ4v) is 1.53. The summed E-state index contributed by atoms with van der Waals surface area (Å²) in [4.78, 5) is 12.0. The number of nitrogens with two attached hydrogens (primary N) is 2. The monoisotopic (exact) mass is 247 g/mol. The zero-order chi connectivity index (χ0) is 13.2. The zero-order valence-electron chi connectivity index (χ0n) is 9.08. The van der Waals surface area contributed by atoms with Gasteiger partial charge < -0.3 is 16.4 Å². The molecule has 0 aliphatic heterocycles. The molecule has 4 N–H and O–H groups in total. The van der Waals surface area contributed by atoms with Gasteiger partial charge in [-0.3, -0.25) is 4.79 Å². The molecule has 0 saturated carbocycles. The van der Waals surface area contributed by atoms with Gasteiger partial charge in [0.1, 0.15) is 6.54 Å². The molecule has 0 saturated heterocycles. The van der Waals surface area contributed by atoms with Crippen molar-refractivity contribution in [1.29, 1.82) is 0 Å². The number of rotatable bonds is 3. The van der Waals surface area contributed by atoms with Crippen LogP contribution in [-0.4, -0.2) is 25.7 Å². The number of amides is 1. The van der Waals surface area contributed by atoms with Gasteiger partial charge in [-0.25, -0.2) is 0 Å². The Morgan fingerprint density at radius 2 is 2.00 bits per heavy atom. The first kappa shape index (κ1) is 13.1. The molecule has 1 aromatic rings. The molecule has 0 spiro atoms. The van der Waals surface area contributed by atoms with Gasteiger partial charge in [-0.15, -0.1) is 0 Å². The molecular formula is C10H12F3N3O. The highest BCUT2D eigenvalue weighted by Crippen LogP contribution is 2.29. The lowest BCUT2D eigenvalue weighted by Crippen LogP contribution is -2.33. The largest absolute Gasteiger partial charge is 0.405 e. The van der Waals surface area contributed by atoms with E-state index >= 15 is 0 Å². The van der Waals surface area contributed by atoms with Crippen molar-refractivity contribution in [3.8, 4) is 0 Å². The van der Waals surface area contributed by atoms with Gasteiger partial charge in [0.05, 0.1) is 16.9 Å². The smallest absolute Gasteiger partial charge is 0.397 e. The fraction of sp³-hybridized carbons (Fsp3) is 0.300. The number of para-hydroxylation sites is 1. The Morgan fingerprint density at radius 3 is 2.47 bits per heavy atom. The summed E-state index contributed by atoms with van der Waals surface area (Å²) in [5, 5.41) is 0. The van der Waals surface area contributed by atoms with Gasteiger partial charge in [0.15, 0.2) is 0 Å². The molecule has 94 valence electrons. The second-order valence-electron chi connectivity index (χ2n) is 3.58. The number of hydrogen-bond acceptors (Lipinski definition) is 3. The molecule has 0 heterocycles. The van der Waals surface area contributed by atoms with E-state index in [1.54, 1.807) is 0 Å². The number of hydrogen-bond donors (Lipinski definition) is 2. The van der Waals surface area contributed by atoms with Crippen molar-refractivity contribution in [3.05, 3.63) is 23.8 Å². The number of halogens is 3. The minimum Gasteiger partial charge on any atom is -0.397 e. The minimum atomic E-state index is -4.38. The van der Waals surface area contributed by atoms with Gasteiger partial charge >= 0.3 is 6.18 Å².